The first kappa shape index (κ1) is 35.0. The van der Waals surface area contributed by atoms with Crippen molar-refractivity contribution in [3.8, 4) is 11.3 Å². The van der Waals surface area contributed by atoms with Crippen molar-refractivity contribution in [1.29, 1.82) is 0 Å². The van der Waals surface area contributed by atoms with Gasteiger partial charge in [-0.3, -0.25) is 0 Å². The number of rotatable bonds is 10. The highest BCUT2D eigenvalue weighted by atomic mass is 19.1. The van der Waals surface area contributed by atoms with Crippen LogP contribution in [0.3, 0.4) is 0 Å². The number of carbonyl (C=O) groups is 1. The second-order valence-electron chi connectivity index (χ2n) is 11.9. The van der Waals surface area contributed by atoms with E-state index in [9.17, 15) is 9.18 Å². The standard InChI is InChI=1S/C34H36F3N7O.C2H6/c1-20-10-11-22(21(2)41-24-14-12-23(35)13-15-24)18-25(20)29-26-19-39-33(45)44(30-27(36)8-6-9-28(30)37)31(26)43-32(42-29)38-16-7-17-40-34(3,4)5;1-2/h6,8-15,18,40-41H,2,7,16-17,19H2,1,3-5H3,(H,39,45)(H,38,42,43);1-2H3. The summed E-state index contributed by atoms with van der Waals surface area (Å²) in [4.78, 5) is 23.6. The quantitative estimate of drug-likeness (QED) is 0.129. The van der Waals surface area contributed by atoms with Crippen molar-refractivity contribution >= 4 is 34.9 Å². The van der Waals surface area contributed by atoms with Crippen LogP contribution in [-0.2, 0) is 6.54 Å². The Morgan fingerprint density at radius 3 is 2.32 bits per heavy atom. The lowest BCUT2D eigenvalue weighted by Crippen LogP contribution is -2.43. The molecule has 1 aliphatic rings. The lowest BCUT2D eigenvalue weighted by molar-refractivity contribution is 0.246. The predicted molar refractivity (Wildman–Crippen MR) is 184 cm³/mol. The molecule has 4 N–H and O–H groups in total. The van der Waals surface area contributed by atoms with E-state index in [2.05, 4.69) is 53.6 Å². The van der Waals surface area contributed by atoms with Crippen LogP contribution in [0.25, 0.3) is 17.0 Å². The highest BCUT2D eigenvalue weighted by molar-refractivity contribution is 6.02. The SMILES string of the molecule is C=C(Nc1ccc(F)cc1)c1ccc(C)c(-c2nc(NCCCNC(C)(C)C)nc3c2CNC(=O)N3c2c(F)cccc2F)c1.CC. The van der Waals surface area contributed by atoms with Gasteiger partial charge in [0.15, 0.2) is 5.82 Å². The largest absolute Gasteiger partial charge is 0.356 e. The van der Waals surface area contributed by atoms with Gasteiger partial charge in [0.25, 0.3) is 0 Å². The molecule has 0 bridgehead atoms. The Hall–Kier alpha value is -4.90. The van der Waals surface area contributed by atoms with Crippen molar-refractivity contribution in [2.24, 2.45) is 0 Å². The molecule has 0 saturated carbocycles. The average molecular weight is 646 g/mol. The first-order chi connectivity index (χ1) is 22.4. The molecule has 1 aliphatic heterocycles. The van der Waals surface area contributed by atoms with Gasteiger partial charge in [-0.25, -0.2) is 27.8 Å². The molecule has 47 heavy (non-hydrogen) atoms. The minimum Gasteiger partial charge on any atom is -0.356 e. The number of carbonyl (C=O) groups excluding carboxylic acids is 1. The minimum absolute atomic E-state index is 0.0364. The van der Waals surface area contributed by atoms with E-state index in [1.165, 1.54) is 18.2 Å². The molecule has 0 fully saturated rings. The Bertz CT molecular complexity index is 1720. The Balaban J connectivity index is 0.00000245. The van der Waals surface area contributed by atoms with Gasteiger partial charge >= 0.3 is 6.03 Å². The average Bonchev–Trinajstić information content (AvgIpc) is 3.03. The second kappa shape index (κ2) is 15.1. The van der Waals surface area contributed by atoms with E-state index < -0.39 is 23.4 Å². The van der Waals surface area contributed by atoms with Crippen molar-refractivity contribution in [2.45, 2.75) is 60.0 Å². The van der Waals surface area contributed by atoms with E-state index in [0.29, 0.717) is 29.2 Å². The molecule has 2 amide bonds. The summed E-state index contributed by atoms with van der Waals surface area (Å²) in [5, 5.41) is 12.6. The van der Waals surface area contributed by atoms with Crippen molar-refractivity contribution in [2.75, 3.05) is 28.6 Å². The number of aromatic nitrogens is 2. The topological polar surface area (TPSA) is 94.2 Å². The van der Waals surface area contributed by atoms with Crippen LogP contribution in [0.15, 0.2) is 67.2 Å². The zero-order chi connectivity index (χ0) is 34.3. The monoisotopic (exact) mass is 645 g/mol. The fourth-order valence-corrected chi connectivity index (χ4v) is 4.97. The molecule has 0 atom stereocenters. The molecule has 3 aromatic carbocycles. The molecule has 248 valence electrons. The van der Waals surface area contributed by atoms with E-state index in [0.717, 1.165) is 46.7 Å². The Morgan fingerprint density at radius 2 is 1.66 bits per heavy atom. The van der Waals surface area contributed by atoms with Crippen LogP contribution in [-0.4, -0.2) is 34.6 Å². The predicted octanol–water partition coefficient (Wildman–Crippen LogP) is 8.53. The number of para-hydroxylation sites is 1. The molecule has 0 saturated heterocycles. The number of benzene rings is 3. The third kappa shape index (κ3) is 8.48. The molecule has 0 spiro atoms. The lowest BCUT2D eigenvalue weighted by atomic mass is 9.97. The van der Waals surface area contributed by atoms with E-state index in [-0.39, 0.29) is 29.7 Å². The number of amides is 2. The molecule has 1 aromatic heterocycles. The van der Waals surface area contributed by atoms with Gasteiger partial charge in [-0.2, -0.15) is 4.98 Å². The van der Waals surface area contributed by atoms with Gasteiger partial charge in [0.2, 0.25) is 5.95 Å². The first-order valence-electron chi connectivity index (χ1n) is 15.7. The second-order valence-corrected chi connectivity index (χ2v) is 11.9. The number of halogens is 3. The summed E-state index contributed by atoms with van der Waals surface area (Å²) in [5.41, 5.74) is 3.99. The van der Waals surface area contributed by atoms with Gasteiger partial charge in [0.05, 0.1) is 12.2 Å². The maximum atomic E-state index is 15.1. The van der Waals surface area contributed by atoms with Crippen molar-refractivity contribution in [1.82, 2.24) is 20.6 Å². The van der Waals surface area contributed by atoms with E-state index >= 15 is 8.78 Å². The molecule has 0 unspecified atom stereocenters. The summed E-state index contributed by atoms with van der Waals surface area (Å²) in [6.45, 7) is 17.6. The fourth-order valence-electron chi connectivity index (χ4n) is 4.97. The molecule has 2 heterocycles. The highest BCUT2D eigenvalue weighted by Gasteiger charge is 2.34. The van der Waals surface area contributed by atoms with Crippen LogP contribution >= 0.6 is 0 Å². The van der Waals surface area contributed by atoms with Crippen LogP contribution < -0.4 is 26.2 Å². The molecule has 0 aliphatic carbocycles. The summed E-state index contributed by atoms with van der Waals surface area (Å²) >= 11 is 0. The van der Waals surface area contributed by atoms with Crippen molar-refractivity contribution in [3.05, 3.63) is 101 Å². The zero-order valence-electron chi connectivity index (χ0n) is 27.7. The van der Waals surface area contributed by atoms with Gasteiger partial charge in [-0.1, -0.05) is 38.6 Å². The number of hydrogen-bond donors (Lipinski definition) is 4. The molecule has 0 radical (unpaired) electrons. The van der Waals surface area contributed by atoms with E-state index in [4.69, 9.17) is 4.98 Å². The van der Waals surface area contributed by atoms with Gasteiger partial charge in [-0.05, 0) is 94.3 Å². The summed E-state index contributed by atoms with van der Waals surface area (Å²) in [6, 6.07) is 14.4. The Morgan fingerprint density at radius 1 is 0.979 bits per heavy atom. The maximum absolute atomic E-state index is 15.1. The number of urea groups is 1. The molecule has 11 heteroatoms. The summed E-state index contributed by atoms with van der Waals surface area (Å²) in [5.74, 6) is -1.85. The summed E-state index contributed by atoms with van der Waals surface area (Å²) < 4.78 is 43.5. The first-order valence-corrected chi connectivity index (χ1v) is 15.7. The molecular formula is C36H42F3N7O. The molecule has 5 rings (SSSR count). The molecule has 8 nitrogen and oxygen atoms in total. The van der Waals surface area contributed by atoms with Crippen LogP contribution in [0.4, 0.5) is 41.1 Å². The van der Waals surface area contributed by atoms with Gasteiger partial charge in [0, 0.05) is 34.6 Å². The van der Waals surface area contributed by atoms with E-state index in [1.54, 1.807) is 12.1 Å². The Labute approximate surface area is 274 Å². The fraction of sp³-hybridized carbons (Fsp3) is 0.306. The number of nitrogens with one attached hydrogen (secondary N) is 4. The van der Waals surface area contributed by atoms with Gasteiger partial charge in [-0.15, -0.1) is 0 Å². The van der Waals surface area contributed by atoms with Crippen LogP contribution in [0, 0.1) is 24.4 Å². The van der Waals surface area contributed by atoms with Gasteiger partial charge < -0.3 is 21.3 Å². The Kier molecular flexibility index (Phi) is 11.3. The zero-order valence-corrected chi connectivity index (χ0v) is 27.7. The molecule has 4 aromatic rings. The number of fused-ring (bicyclic) bond motifs is 1. The number of anilines is 4. The van der Waals surface area contributed by atoms with Gasteiger partial charge in [0.1, 0.15) is 23.1 Å². The number of hydrogen-bond acceptors (Lipinski definition) is 6. The summed E-state index contributed by atoms with van der Waals surface area (Å²) in [6.07, 6.45) is 0.753. The summed E-state index contributed by atoms with van der Waals surface area (Å²) in [7, 11) is 0. The maximum Gasteiger partial charge on any atom is 0.328 e. The van der Waals surface area contributed by atoms with Crippen molar-refractivity contribution in [3.63, 3.8) is 0 Å². The third-order valence-corrected chi connectivity index (χ3v) is 7.25. The smallest absolute Gasteiger partial charge is 0.328 e. The number of aryl methyl sites for hydroxylation is 1. The number of nitrogens with zero attached hydrogens (tertiary/aromatic N) is 3. The van der Waals surface area contributed by atoms with Crippen LogP contribution in [0.1, 0.15) is 57.7 Å². The highest BCUT2D eigenvalue weighted by Crippen LogP contribution is 2.39. The van der Waals surface area contributed by atoms with Crippen LogP contribution in [0.2, 0.25) is 0 Å². The minimum atomic E-state index is -0.901. The lowest BCUT2D eigenvalue weighted by Gasteiger charge is -2.31. The van der Waals surface area contributed by atoms with Crippen LogP contribution in [0.5, 0.6) is 0 Å². The third-order valence-electron chi connectivity index (χ3n) is 7.25. The normalized spacial score (nSPS) is 12.4. The van der Waals surface area contributed by atoms with E-state index in [1.807, 2.05) is 39.0 Å². The van der Waals surface area contributed by atoms with Crippen molar-refractivity contribution < 1.29 is 18.0 Å². The molecular weight excluding hydrogens is 603 g/mol.